The maximum absolute atomic E-state index is 11.6. The van der Waals surface area contributed by atoms with Crippen molar-refractivity contribution in [1.82, 2.24) is 4.90 Å². The summed E-state index contributed by atoms with van der Waals surface area (Å²) in [7, 11) is 0. The summed E-state index contributed by atoms with van der Waals surface area (Å²) in [6.07, 6.45) is 5.73. The van der Waals surface area contributed by atoms with E-state index >= 15 is 0 Å². The molecular formula is C12H21NO2. The number of hydrogen-bond donors (Lipinski definition) is 0. The second-order valence-corrected chi connectivity index (χ2v) is 4.50. The Morgan fingerprint density at radius 2 is 1.67 bits per heavy atom. The van der Waals surface area contributed by atoms with Gasteiger partial charge in [0, 0.05) is 13.0 Å². The van der Waals surface area contributed by atoms with Crippen molar-refractivity contribution >= 4 is 11.7 Å². The molecule has 0 aromatic rings. The monoisotopic (exact) mass is 211 g/mol. The van der Waals surface area contributed by atoms with E-state index in [-0.39, 0.29) is 23.8 Å². The number of carbonyl (C=O) groups is 2. The van der Waals surface area contributed by atoms with Crippen LogP contribution in [0.5, 0.6) is 0 Å². The summed E-state index contributed by atoms with van der Waals surface area (Å²) in [6, 6.07) is 0.0285. The molecule has 15 heavy (non-hydrogen) atoms. The minimum atomic E-state index is -0.259. The molecule has 0 saturated heterocycles. The second-order valence-electron chi connectivity index (χ2n) is 4.50. The third-order valence-corrected chi connectivity index (χ3v) is 3.34. The fraction of sp³-hybridized carbons (Fsp3) is 0.833. The fourth-order valence-corrected chi connectivity index (χ4v) is 2.40. The van der Waals surface area contributed by atoms with Crippen molar-refractivity contribution in [2.75, 3.05) is 0 Å². The minimum absolute atomic E-state index is 0.0320. The smallest absolute Gasteiger partial charge is 0.220 e. The number of Topliss-reactive ketones (excluding diaryl/α,β-unsaturated/α-hetero) is 1. The highest BCUT2D eigenvalue weighted by atomic mass is 16.2. The Labute approximate surface area is 91.8 Å². The van der Waals surface area contributed by atoms with Crippen LogP contribution < -0.4 is 0 Å². The molecule has 1 unspecified atom stereocenters. The molecule has 1 saturated carbocycles. The van der Waals surface area contributed by atoms with Gasteiger partial charge < -0.3 is 4.90 Å². The molecule has 0 aromatic heterocycles. The molecule has 0 N–H and O–H groups in total. The molecule has 0 spiro atoms. The highest BCUT2D eigenvalue weighted by molar-refractivity contribution is 5.86. The first-order chi connectivity index (χ1) is 7.04. The Bertz CT molecular complexity index is 244. The van der Waals surface area contributed by atoms with E-state index in [1.807, 2.05) is 6.92 Å². The van der Waals surface area contributed by atoms with Gasteiger partial charge in [-0.25, -0.2) is 0 Å². The van der Waals surface area contributed by atoms with Crippen molar-refractivity contribution in [2.24, 2.45) is 0 Å². The van der Waals surface area contributed by atoms with E-state index in [0.29, 0.717) is 0 Å². The molecule has 0 bridgehead atoms. The SMILES string of the molecule is CC(=O)C(C)N(C(C)=O)C1CCCCC1. The highest BCUT2D eigenvalue weighted by Gasteiger charge is 2.29. The van der Waals surface area contributed by atoms with Crippen LogP contribution in [0.25, 0.3) is 0 Å². The number of carbonyl (C=O) groups excluding carboxylic acids is 2. The lowest BCUT2D eigenvalue weighted by Gasteiger charge is -2.37. The largest absolute Gasteiger partial charge is 0.330 e. The molecule has 1 amide bonds. The van der Waals surface area contributed by atoms with E-state index < -0.39 is 0 Å². The molecule has 0 aliphatic heterocycles. The van der Waals surface area contributed by atoms with Gasteiger partial charge in [-0.05, 0) is 26.7 Å². The summed E-state index contributed by atoms with van der Waals surface area (Å²) in [4.78, 5) is 24.7. The van der Waals surface area contributed by atoms with Gasteiger partial charge in [-0.15, -0.1) is 0 Å². The van der Waals surface area contributed by atoms with Gasteiger partial charge in [-0.3, -0.25) is 9.59 Å². The van der Waals surface area contributed by atoms with Gasteiger partial charge in [-0.2, -0.15) is 0 Å². The molecular weight excluding hydrogens is 190 g/mol. The molecule has 1 fully saturated rings. The van der Waals surface area contributed by atoms with Crippen LogP contribution in [0.15, 0.2) is 0 Å². The van der Waals surface area contributed by atoms with E-state index in [0.717, 1.165) is 12.8 Å². The minimum Gasteiger partial charge on any atom is -0.330 e. The molecule has 0 aromatic carbocycles. The van der Waals surface area contributed by atoms with Gasteiger partial charge in [0.15, 0.2) is 5.78 Å². The van der Waals surface area contributed by atoms with Crippen LogP contribution in [0.3, 0.4) is 0 Å². The Balaban J connectivity index is 2.71. The number of nitrogens with zero attached hydrogens (tertiary/aromatic N) is 1. The van der Waals surface area contributed by atoms with Crippen LogP contribution in [0.1, 0.15) is 52.9 Å². The van der Waals surface area contributed by atoms with Gasteiger partial charge >= 0.3 is 0 Å². The molecule has 3 nitrogen and oxygen atoms in total. The Morgan fingerprint density at radius 3 is 2.07 bits per heavy atom. The van der Waals surface area contributed by atoms with E-state index in [9.17, 15) is 9.59 Å². The van der Waals surface area contributed by atoms with Crippen LogP contribution in [0, 0.1) is 0 Å². The van der Waals surface area contributed by atoms with Crippen molar-refractivity contribution < 1.29 is 9.59 Å². The number of ketones is 1. The van der Waals surface area contributed by atoms with Crippen molar-refractivity contribution in [3.05, 3.63) is 0 Å². The van der Waals surface area contributed by atoms with E-state index in [1.165, 1.54) is 19.3 Å². The zero-order chi connectivity index (χ0) is 11.4. The van der Waals surface area contributed by atoms with Crippen LogP contribution >= 0.6 is 0 Å². The molecule has 1 aliphatic carbocycles. The highest BCUT2D eigenvalue weighted by Crippen LogP contribution is 2.24. The predicted molar refractivity (Wildman–Crippen MR) is 59.5 cm³/mol. The molecule has 1 aliphatic rings. The van der Waals surface area contributed by atoms with Gasteiger partial charge in [0.05, 0.1) is 6.04 Å². The van der Waals surface area contributed by atoms with Crippen molar-refractivity contribution in [2.45, 2.75) is 65.0 Å². The Hall–Kier alpha value is -0.860. The lowest BCUT2D eigenvalue weighted by atomic mass is 9.93. The quantitative estimate of drug-likeness (QED) is 0.717. The predicted octanol–water partition coefficient (Wildman–Crippen LogP) is 2.15. The van der Waals surface area contributed by atoms with Crippen molar-refractivity contribution in [1.29, 1.82) is 0 Å². The number of rotatable bonds is 3. The summed E-state index contributed by atoms with van der Waals surface area (Å²) in [5.41, 5.74) is 0. The lowest BCUT2D eigenvalue weighted by Crippen LogP contribution is -2.48. The molecule has 3 heteroatoms. The van der Waals surface area contributed by atoms with Gasteiger partial charge in [0.25, 0.3) is 0 Å². The third kappa shape index (κ3) is 3.05. The van der Waals surface area contributed by atoms with E-state index in [2.05, 4.69) is 0 Å². The van der Waals surface area contributed by atoms with Crippen molar-refractivity contribution in [3.8, 4) is 0 Å². The summed E-state index contributed by atoms with van der Waals surface area (Å²) in [5, 5.41) is 0. The molecule has 1 rings (SSSR count). The fourth-order valence-electron chi connectivity index (χ4n) is 2.40. The molecule has 1 atom stereocenters. The van der Waals surface area contributed by atoms with Gasteiger partial charge in [0.2, 0.25) is 5.91 Å². The summed E-state index contributed by atoms with van der Waals surface area (Å²) in [5.74, 6) is 0.111. The Kier molecular flexibility index (Phi) is 4.30. The second kappa shape index (κ2) is 5.29. The summed E-state index contributed by atoms with van der Waals surface area (Å²) < 4.78 is 0. The zero-order valence-corrected chi connectivity index (χ0v) is 9.95. The third-order valence-electron chi connectivity index (χ3n) is 3.34. The number of hydrogen-bond acceptors (Lipinski definition) is 2. The average molecular weight is 211 g/mol. The van der Waals surface area contributed by atoms with Crippen LogP contribution in [0.4, 0.5) is 0 Å². The summed E-state index contributed by atoms with van der Waals surface area (Å²) >= 11 is 0. The lowest BCUT2D eigenvalue weighted by molar-refractivity contribution is -0.140. The normalized spacial score (nSPS) is 19.7. The first kappa shape index (κ1) is 12.2. The maximum Gasteiger partial charge on any atom is 0.220 e. The van der Waals surface area contributed by atoms with Gasteiger partial charge in [0.1, 0.15) is 0 Å². The first-order valence-corrected chi connectivity index (χ1v) is 5.83. The van der Waals surface area contributed by atoms with Crippen LogP contribution in [-0.4, -0.2) is 28.7 Å². The Morgan fingerprint density at radius 1 is 1.13 bits per heavy atom. The van der Waals surface area contributed by atoms with Crippen LogP contribution in [-0.2, 0) is 9.59 Å². The van der Waals surface area contributed by atoms with E-state index in [4.69, 9.17) is 0 Å². The van der Waals surface area contributed by atoms with Crippen LogP contribution in [0.2, 0.25) is 0 Å². The summed E-state index contributed by atoms with van der Waals surface area (Å²) in [6.45, 7) is 4.95. The molecule has 86 valence electrons. The first-order valence-electron chi connectivity index (χ1n) is 5.83. The zero-order valence-electron chi connectivity index (χ0n) is 9.95. The average Bonchev–Trinajstić information content (AvgIpc) is 2.18. The van der Waals surface area contributed by atoms with E-state index in [1.54, 1.807) is 18.7 Å². The maximum atomic E-state index is 11.6. The van der Waals surface area contributed by atoms with Gasteiger partial charge in [-0.1, -0.05) is 19.3 Å². The topological polar surface area (TPSA) is 37.4 Å². The standard InChI is InChI=1S/C12H21NO2/c1-9(10(2)14)13(11(3)15)12-7-5-4-6-8-12/h9,12H,4-8H2,1-3H3. The van der Waals surface area contributed by atoms with Crippen molar-refractivity contribution in [3.63, 3.8) is 0 Å². The number of amides is 1. The molecule has 0 heterocycles. The molecule has 0 radical (unpaired) electrons.